The molecular formula is C18H24N2O8S. The molecule has 1 aromatic rings. The molecule has 3 heterocycles. The molecule has 3 aliphatic rings. The van der Waals surface area contributed by atoms with E-state index in [4.69, 9.17) is 28.8 Å². The molecule has 3 saturated heterocycles. The van der Waals surface area contributed by atoms with Crippen molar-refractivity contribution in [3.63, 3.8) is 0 Å². The van der Waals surface area contributed by atoms with E-state index in [9.17, 15) is 13.2 Å². The first-order valence-electron chi connectivity index (χ1n) is 9.15. The fraction of sp³-hybridized carbons (Fsp3) is 0.611. The zero-order chi connectivity index (χ0) is 21.2. The van der Waals surface area contributed by atoms with Crippen LogP contribution >= 0.6 is 0 Å². The van der Waals surface area contributed by atoms with Gasteiger partial charge in [-0.15, -0.1) is 0 Å². The van der Waals surface area contributed by atoms with E-state index in [0.717, 1.165) is 0 Å². The molecule has 0 aromatic heterocycles. The molecule has 0 radical (unpaired) electrons. The van der Waals surface area contributed by atoms with Crippen molar-refractivity contribution in [3.05, 3.63) is 24.3 Å². The Balaban J connectivity index is 1.54. The van der Waals surface area contributed by atoms with Gasteiger partial charge in [-0.1, -0.05) is 0 Å². The Hall–Kier alpha value is -1.60. The van der Waals surface area contributed by atoms with Crippen LogP contribution in [0.5, 0.6) is 0 Å². The van der Waals surface area contributed by atoms with Gasteiger partial charge >= 0.3 is 0 Å². The summed E-state index contributed by atoms with van der Waals surface area (Å²) in [6.07, 6.45) is -3.59. The number of sulfonamides is 1. The quantitative estimate of drug-likeness (QED) is 0.717. The minimum Gasteiger partial charge on any atom is -0.342 e. The molecule has 0 spiro atoms. The smallest absolute Gasteiger partial charge is 0.256 e. The van der Waals surface area contributed by atoms with E-state index >= 15 is 0 Å². The third-order valence-corrected chi connectivity index (χ3v) is 5.79. The number of primary sulfonamides is 1. The summed E-state index contributed by atoms with van der Waals surface area (Å²) in [6.45, 7) is 7.02. The molecule has 160 valence electrons. The van der Waals surface area contributed by atoms with Crippen LogP contribution in [0.4, 0.5) is 5.69 Å². The average Bonchev–Trinajstić information content (AvgIpc) is 3.07. The average molecular weight is 428 g/mol. The number of carbonyl (C=O) groups is 1. The highest BCUT2D eigenvalue weighted by molar-refractivity contribution is 7.89. The topological polar surface area (TPSA) is 135 Å². The van der Waals surface area contributed by atoms with Crippen molar-refractivity contribution in [2.75, 3.05) is 5.32 Å². The summed E-state index contributed by atoms with van der Waals surface area (Å²) in [6, 6.07) is 5.49. The lowest BCUT2D eigenvalue weighted by atomic mass is 9.98. The number of rotatable bonds is 3. The molecule has 0 saturated carbocycles. The molecule has 0 aliphatic carbocycles. The molecule has 10 nitrogen and oxygen atoms in total. The van der Waals surface area contributed by atoms with Crippen molar-refractivity contribution in [1.82, 2.24) is 0 Å². The molecule has 5 atom stereocenters. The van der Waals surface area contributed by atoms with Crippen LogP contribution in [-0.2, 0) is 38.5 Å². The largest absolute Gasteiger partial charge is 0.342 e. The van der Waals surface area contributed by atoms with E-state index < -0.39 is 58.2 Å². The molecule has 4 rings (SSSR count). The summed E-state index contributed by atoms with van der Waals surface area (Å²) in [5.74, 6) is -2.28. The van der Waals surface area contributed by atoms with Crippen LogP contribution in [-0.4, -0.2) is 56.6 Å². The van der Waals surface area contributed by atoms with Crippen LogP contribution < -0.4 is 10.5 Å². The van der Waals surface area contributed by atoms with E-state index in [1.807, 2.05) is 0 Å². The van der Waals surface area contributed by atoms with Gasteiger partial charge < -0.3 is 29.0 Å². The highest BCUT2D eigenvalue weighted by Gasteiger charge is 2.62. The van der Waals surface area contributed by atoms with Crippen molar-refractivity contribution < 1.29 is 36.9 Å². The van der Waals surface area contributed by atoms with Gasteiger partial charge in [0, 0.05) is 5.69 Å². The maximum Gasteiger partial charge on any atom is 0.256 e. The Kier molecular flexibility index (Phi) is 4.78. The first-order valence-corrected chi connectivity index (χ1v) is 10.7. The van der Waals surface area contributed by atoms with Crippen LogP contribution in [0.25, 0.3) is 0 Å². The number of benzene rings is 1. The molecule has 0 unspecified atom stereocenters. The van der Waals surface area contributed by atoms with Crippen LogP contribution in [0.3, 0.4) is 0 Å². The summed E-state index contributed by atoms with van der Waals surface area (Å²) in [4.78, 5) is 12.9. The van der Waals surface area contributed by atoms with Gasteiger partial charge in [0.2, 0.25) is 10.0 Å². The number of carbonyl (C=O) groups excluding carboxylic acids is 1. The van der Waals surface area contributed by atoms with E-state index in [2.05, 4.69) is 5.32 Å². The lowest BCUT2D eigenvalue weighted by Gasteiger charge is -2.36. The number of nitrogens with two attached hydrogens (primary N) is 1. The summed E-state index contributed by atoms with van der Waals surface area (Å²) in [5.41, 5.74) is 0.381. The first kappa shape index (κ1) is 20.7. The second-order valence-corrected chi connectivity index (χ2v) is 9.71. The Morgan fingerprint density at radius 1 is 0.931 bits per heavy atom. The van der Waals surface area contributed by atoms with E-state index in [1.165, 1.54) is 24.3 Å². The maximum atomic E-state index is 12.9. The third-order valence-electron chi connectivity index (χ3n) is 4.86. The standard InChI is InChI=1S/C18H24N2O8S/c1-17(2)25-11-12(26-17)14-16(28-18(3,4)27-14)24-13(11)15(21)20-9-5-7-10(8-6-9)29(19,22)23/h5-8,11-14,16H,1-4H3,(H,20,21)(H2,19,22,23)/t11-,12+,13+,14-,16+/m1/s1. The van der Waals surface area contributed by atoms with Crippen LogP contribution in [0.15, 0.2) is 29.2 Å². The van der Waals surface area contributed by atoms with E-state index in [-0.39, 0.29) is 4.90 Å². The highest BCUT2D eigenvalue weighted by atomic mass is 32.2. The summed E-state index contributed by atoms with van der Waals surface area (Å²) < 4.78 is 52.2. The maximum absolute atomic E-state index is 12.9. The van der Waals surface area contributed by atoms with Gasteiger partial charge in [0.1, 0.15) is 18.3 Å². The predicted molar refractivity (Wildman–Crippen MR) is 99.0 cm³/mol. The Morgan fingerprint density at radius 3 is 2.10 bits per heavy atom. The number of nitrogens with one attached hydrogen (secondary N) is 1. The second-order valence-electron chi connectivity index (χ2n) is 8.15. The highest BCUT2D eigenvalue weighted by Crippen LogP contribution is 2.44. The van der Waals surface area contributed by atoms with Gasteiger partial charge in [-0.3, -0.25) is 4.79 Å². The summed E-state index contributed by atoms with van der Waals surface area (Å²) in [5, 5.41) is 7.79. The minimum absolute atomic E-state index is 0.0552. The zero-order valence-corrected chi connectivity index (χ0v) is 17.3. The number of hydrogen-bond donors (Lipinski definition) is 2. The molecule has 11 heteroatoms. The van der Waals surface area contributed by atoms with Crippen molar-refractivity contribution in [2.24, 2.45) is 5.14 Å². The van der Waals surface area contributed by atoms with E-state index in [1.54, 1.807) is 27.7 Å². The molecule has 3 fully saturated rings. The summed E-state index contributed by atoms with van der Waals surface area (Å²) >= 11 is 0. The van der Waals surface area contributed by atoms with Crippen LogP contribution in [0.2, 0.25) is 0 Å². The molecule has 3 aliphatic heterocycles. The van der Waals surface area contributed by atoms with Gasteiger partial charge in [-0.2, -0.15) is 0 Å². The molecular weight excluding hydrogens is 404 g/mol. The fourth-order valence-electron chi connectivity index (χ4n) is 3.76. The SMILES string of the molecule is CC1(C)O[C@H]2[C@@H](O1)[C@@H](C(=O)Nc1ccc(S(N)(=O)=O)cc1)O[C@H]1OC(C)(C)O[C@@H]12. The number of anilines is 1. The minimum atomic E-state index is -3.82. The predicted octanol–water partition coefficient (Wildman–Crippen LogP) is 0.669. The van der Waals surface area contributed by atoms with Crippen molar-refractivity contribution in [3.8, 4) is 0 Å². The molecule has 3 N–H and O–H groups in total. The monoisotopic (exact) mass is 428 g/mol. The Labute approximate surface area is 168 Å². The lowest BCUT2D eigenvalue weighted by molar-refractivity contribution is -0.229. The zero-order valence-electron chi connectivity index (χ0n) is 16.4. The number of amides is 1. The van der Waals surface area contributed by atoms with Gasteiger partial charge in [0.25, 0.3) is 5.91 Å². The number of hydrogen-bond acceptors (Lipinski definition) is 8. The van der Waals surface area contributed by atoms with Crippen LogP contribution in [0, 0.1) is 0 Å². The number of fused-ring (bicyclic) bond motifs is 3. The van der Waals surface area contributed by atoms with Gasteiger partial charge in [0.15, 0.2) is 24.0 Å². The molecule has 1 aromatic carbocycles. The molecule has 0 bridgehead atoms. The third kappa shape index (κ3) is 4.04. The van der Waals surface area contributed by atoms with Crippen molar-refractivity contribution in [1.29, 1.82) is 0 Å². The number of ether oxygens (including phenoxy) is 5. The van der Waals surface area contributed by atoms with Gasteiger partial charge in [-0.05, 0) is 52.0 Å². The van der Waals surface area contributed by atoms with Crippen LogP contribution in [0.1, 0.15) is 27.7 Å². The normalized spacial score (nSPS) is 35.0. The van der Waals surface area contributed by atoms with Crippen molar-refractivity contribution in [2.45, 2.75) is 74.9 Å². The van der Waals surface area contributed by atoms with Crippen molar-refractivity contribution >= 4 is 21.6 Å². The van der Waals surface area contributed by atoms with Gasteiger partial charge in [-0.25, -0.2) is 13.6 Å². The summed E-state index contributed by atoms with van der Waals surface area (Å²) in [7, 11) is -3.82. The lowest BCUT2D eigenvalue weighted by Crippen LogP contribution is -2.58. The van der Waals surface area contributed by atoms with Gasteiger partial charge in [0.05, 0.1) is 4.90 Å². The Morgan fingerprint density at radius 2 is 1.48 bits per heavy atom. The first-order chi connectivity index (χ1) is 13.3. The molecule has 29 heavy (non-hydrogen) atoms. The fourth-order valence-corrected chi connectivity index (χ4v) is 4.28. The van der Waals surface area contributed by atoms with E-state index in [0.29, 0.717) is 5.69 Å². The second kappa shape index (κ2) is 6.71. The molecule has 1 amide bonds. The Bertz CT molecular complexity index is 914.